The Bertz CT molecular complexity index is 990. The quantitative estimate of drug-likeness (QED) is 0.498. The molecule has 1 unspecified atom stereocenters. The van der Waals surface area contributed by atoms with E-state index in [1.165, 1.54) is 6.07 Å². The van der Waals surface area contributed by atoms with Crippen molar-refractivity contribution in [1.29, 1.82) is 0 Å². The first-order valence-corrected chi connectivity index (χ1v) is 9.80. The van der Waals surface area contributed by atoms with Crippen LogP contribution in [0.2, 0.25) is 0 Å². The molecule has 3 rings (SSSR count). The zero-order valence-corrected chi connectivity index (χ0v) is 17.2. The molecule has 1 aliphatic carbocycles. The summed E-state index contributed by atoms with van der Waals surface area (Å²) in [5.41, 5.74) is 3.36. The molecule has 0 aromatic heterocycles. The highest BCUT2D eigenvalue weighted by Gasteiger charge is 2.32. The van der Waals surface area contributed by atoms with Gasteiger partial charge in [0.2, 0.25) is 0 Å². The molecule has 1 atom stereocenters. The number of nitrogens with one attached hydrogen (secondary N) is 2. The first kappa shape index (κ1) is 22.8. The lowest BCUT2D eigenvalue weighted by Gasteiger charge is -2.26. The number of hydroxylamine groups is 1. The summed E-state index contributed by atoms with van der Waals surface area (Å²) in [6, 6.07) is 8.23. The van der Waals surface area contributed by atoms with Crippen LogP contribution < -0.4 is 10.8 Å². The number of carbonyl (C=O) groups excluding carboxylic acids is 2. The number of alkyl halides is 3. The molecule has 166 valence electrons. The Hall–Kier alpha value is -2.91. The number of carbonyl (C=O) groups is 2. The third kappa shape index (κ3) is 5.62. The van der Waals surface area contributed by atoms with Crippen LogP contribution in [-0.2, 0) is 25.6 Å². The Morgan fingerprint density at radius 2 is 1.81 bits per heavy atom. The molecule has 0 radical (unpaired) electrons. The predicted molar refractivity (Wildman–Crippen MR) is 108 cm³/mol. The first-order valence-electron chi connectivity index (χ1n) is 9.80. The fourth-order valence-corrected chi connectivity index (χ4v) is 3.80. The van der Waals surface area contributed by atoms with Crippen molar-refractivity contribution in [2.24, 2.45) is 0 Å². The average molecular weight is 435 g/mol. The number of aryl methyl sites for hydroxylation is 1. The lowest BCUT2D eigenvalue weighted by molar-refractivity contribution is -0.137. The normalized spacial score (nSPS) is 16.0. The second-order valence-electron chi connectivity index (χ2n) is 7.99. The van der Waals surface area contributed by atoms with Gasteiger partial charge in [0.05, 0.1) is 5.56 Å². The van der Waals surface area contributed by atoms with Crippen LogP contribution in [0.5, 0.6) is 0 Å². The molecule has 0 bridgehead atoms. The maximum Gasteiger partial charge on any atom is 0.416 e. The summed E-state index contributed by atoms with van der Waals surface area (Å²) in [6.07, 6.45) is -2.85. The monoisotopic (exact) mass is 435 g/mol. The number of benzene rings is 2. The van der Waals surface area contributed by atoms with Gasteiger partial charge in [0.1, 0.15) is 0 Å². The minimum absolute atomic E-state index is 0.0209. The molecule has 2 aromatic rings. The Balaban J connectivity index is 1.77. The lowest BCUT2D eigenvalue weighted by atomic mass is 9.87. The second-order valence-corrected chi connectivity index (χ2v) is 7.99. The van der Waals surface area contributed by atoms with Gasteiger partial charge < -0.3 is 10.2 Å². The van der Waals surface area contributed by atoms with E-state index in [-0.39, 0.29) is 18.2 Å². The number of fused-ring (bicyclic) bond motifs is 1. The molecule has 3 N–H and O–H groups in total. The third-order valence-corrected chi connectivity index (χ3v) is 5.21. The molecule has 9 heteroatoms. The maximum absolute atomic E-state index is 13.3. The molecular formula is C22H24F3N3O3. The van der Waals surface area contributed by atoms with E-state index < -0.39 is 23.6 Å². The topological polar surface area (TPSA) is 81.7 Å². The van der Waals surface area contributed by atoms with E-state index in [0.717, 1.165) is 23.3 Å². The lowest BCUT2D eigenvalue weighted by Crippen LogP contribution is -2.39. The summed E-state index contributed by atoms with van der Waals surface area (Å²) in [7, 11) is 3.49. The van der Waals surface area contributed by atoms with Gasteiger partial charge in [0, 0.05) is 23.7 Å². The number of hydrogen-bond donors (Lipinski definition) is 3. The molecule has 0 saturated carbocycles. The third-order valence-electron chi connectivity index (χ3n) is 5.21. The van der Waals surface area contributed by atoms with Gasteiger partial charge in [-0.3, -0.25) is 14.8 Å². The van der Waals surface area contributed by atoms with Crippen molar-refractivity contribution in [2.75, 3.05) is 14.1 Å². The molecule has 0 fully saturated rings. The van der Waals surface area contributed by atoms with Gasteiger partial charge >= 0.3 is 6.18 Å². The zero-order valence-electron chi connectivity index (χ0n) is 17.2. The zero-order chi connectivity index (χ0) is 22.8. The summed E-state index contributed by atoms with van der Waals surface area (Å²) >= 11 is 0. The Kier molecular flexibility index (Phi) is 6.66. The van der Waals surface area contributed by atoms with Crippen molar-refractivity contribution in [1.82, 2.24) is 15.7 Å². The van der Waals surface area contributed by atoms with Crippen molar-refractivity contribution in [3.8, 4) is 0 Å². The molecule has 2 amide bonds. The minimum atomic E-state index is -4.54. The molecule has 31 heavy (non-hydrogen) atoms. The number of rotatable bonds is 5. The fraction of sp³-hybridized carbons (Fsp3) is 0.364. The van der Waals surface area contributed by atoms with Crippen LogP contribution in [0.1, 0.15) is 49.4 Å². The van der Waals surface area contributed by atoms with Gasteiger partial charge in [-0.25, -0.2) is 5.48 Å². The van der Waals surface area contributed by atoms with Crippen LogP contribution in [-0.4, -0.2) is 42.1 Å². The van der Waals surface area contributed by atoms with Gasteiger partial charge in [-0.2, -0.15) is 13.2 Å². The van der Waals surface area contributed by atoms with Gasteiger partial charge in [-0.1, -0.05) is 6.07 Å². The highest BCUT2D eigenvalue weighted by Crippen LogP contribution is 2.31. The van der Waals surface area contributed by atoms with Crippen molar-refractivity contribution in [3.05, 3.63) is 69.8 Å². The molecule has 0 spiro atoms. The molecule has 2 aromatic carbocycles. The van der Waals surface area contributed by atoms with Crippen LogP contribution in [0.3, 0.4) is 0 Å². The first-order chi connectivity index (χ1) is 14.6. The molecule has 0 aliphatic heterocycles. The Labute approximate surface area is 178 Å². The van der Waals surface area contributed by atoms with Crippen LogP contribution in [0.15, 0.2) is 36.4 Å². The van der Waals surface area contributed by atoms with Gasteiger partial charge in [-0.05, 0) is 80.4 Å². The van der Waals surface area contributed by atoms with E-state index in [1.807, 2.05) is 0 Å². The van der Waals surface area contributed by atoms with E-state index >= 15 is 0 Å². The highest BCUT2D eigenvalue weighted by atomic mass is 19.4. The fourth-order valence-electron chi connectivity index (χ4n) is 3.80. The Morgan fingerprint density at radius 3 is 2.45 bits per heavy atom. The van der Waals surface area contributed by atoms with E-state index in [4.69, 9.17) is 5.21 Å². The number of hydrogen-bond acceptors (Lipinski definition) is 4. The molecule has 6 nitrogen and oxygen atoms in total. The number of halogens is 3. The van der Waals surface area contributed by atoms with E-state index in [0.29, 0.717) is 30.4 Å². The molecule has 0 saturated heterocycles. The van der Waals surface area contributed by atoms with E-state index in [2.05, 4.69) is 5.32 Å². The largest absolute Gasteiger partial charge is 0.416 e. The summed E-state index contributed by atoms with van der Waals surface area (Å²) in [5.74, 6) is -1.15. The second kappa shape index (κ2) is 9.07. The predicted octanol–water partition coefficient (Wildman–Crippen LogP) is 3.17. The average Bonchev–Trinajstić information content (AvgIpc) is 2.71. The van der Waals surface area contributed by atoms with Crippen LogP contribution in [0, 0.1) is 0 Å². The van der Waals surface area contributed by atoms with E-state index in [9.17, 15) is 22.8 Å². The molecule has 0 heterocycles. The van der Waals surface area contributed by atoms with Gasteiger partial charge in [-0.15, -0.1) is 0 Å². The smallest absolute Gasteiger partial charge is 0.349 e. The Morgan fingerprint density at radius 1 is 1.06 bits per heavy atom. The van der Waals surface area contributed by atoms with Crippen molar-refractivity contribution < 1.29 is 28.0 Å². The van der Waals surface area contributed by atoms with E-state index in [1.54, 1.807) is 42.7 Å². The summed E-state index contributed by atoms with van der Waals surface area (Å²) in [5, 5.41) is 11.6. The van der Waals surface area contributed by atoms with Gasteiger partial charge in [0.15, 0.2) is 0 Å². The number of nitrogens with zero attached hydrogens (tertiary/aromatic N) is 1. The van der Waals surface area contributed by atoms with Crippen LogP contribution in [0.25, 0.3) is 0 Å². The number of amides is 2. The summed E-state index contributed by atoms with van der Waals surface area (Å²) < 4.78 is 39.9. The van der Waals surface area contributed by atoms with Crippen LogP contribution >= 0.6 is 0 Å². The van der Waals surface area contributed by atoms with Crippen molar-refractivity contribution in [3.63, 3.8) is 0 Å². The SMILES string of the molecule is CN(C)Cc1cc(C(=O)NC2CCc3cc(C(=O)NO)ccc3C2)cc(C(F)(F)F)c1. The molecular weight excluding hydrogens is 411 g/mol. The summed E-state index contributed by atoms with van der Waals surface area (Å²) in [4.78, 5) is 26.0. The molecule has 1 aliphatic rings. The van der Waals surface area contributed by atoms with Crippen LogP contribution in [0.4, 0.5) is 13.2 Å². The highest BCUT2D eigenvalue weighted by molar-refractivity contribution is 5.95. The van der Waals surface area contributed by atoms with Gasteiger partial charge in [0.25, 0.3) is 11.8 Å². The summed E-state index contributed by atoms with van der Waals surface area (Å²) in [6.45, 7) is 0.282. The van der Waals surface area contributed by atoms with Crippen molar-refractivity contribution >= 4 is 11.8 Å². The standard InChI is InChI=1S/C22H24F3N3O3/c1-28(2)12-13-7-17(10-18(8-13)22(23,24)25)20(29)26-19-6-5-14-9-16(21(30)27-31)4-3-15(14)11-19/h3-4,7-10,19,31H,5-6,11-12H2,1-2H3,(H,26,29)(H,27,30). The maximum atomic E-state index is 13.3. The minimum Gasteiger partial charge on any atom is -0.349 e. The van der Waals surface area contributed by atoms with Crippen molar-refractivity contribution in [2.45, 2.75) is 38.0 Å².